The molecule has 14 heavy (non-hydrogen) atoms. The molecule has 0 saturated carbocycles. The fourth-order valence-corrected chi connectivity index (χ4v) is 1.56. The molecule has 0 amide bonds. The summed E-state index contributed by atoms with van der Waals surface area (Å²) in [6.45, 7) is 5.87. The minimum atomic E-state index is 0.363. The number of rotatable bonds is 4. The summed E-state index contributed by atoms with van der Waals surface area (Å²) in [7, 11) is 0. The molecule has 0 aliphatic carbocycles. The summed E-state index contributed by atoms with van der Waals surface area (Å²) in [6, 6.07) is 0. The van der Waals surface area contributed by atoms with Gasteiger partial charge in [-0.15, -0.1) is 0 Å². The van der Waals surface area contributed by atoms with E-state index in [0.717, 1.165) is 25.4 Å². The third kappa shape index (κ3) is 4.09. The maximum Gasteiger partial charge on any atom is 0.0962 e. The van der Waals surface area contributed by atoms with Gasteiger partial charge in [-0.3, -0.25) is 4.99 Å². The van der Waals surface area contributed by atoms with Gasteiger partial charge < -0.3 is 10.5 Å². The van der Waals surface area contributed by atoms with Crippen LogP contribution in [0.15, 0.2) is 4.99 Å². The minimum Gasteiger partial charge on any atom is -0.387 e. The summed E-state index contributed by atoms with van der Waals surface area (Å²) in [5, 5.41) is 0. The maximum atomic E-state index is 5.74. The lowest BCUT2D eigenvalue weighted by Crippen LogP contribution is -2.22. The lowest BCUT2D eigenvalue weighted by atomic mass is 10.1. The van der Waals surface area contributed by atoms with E-state index in [1.165, 1.54) is 19.3 Å². The zero-order valence-electron chi connectivity index (χ0n) is 9.33. The van der Waals surface area contributed by atoms with E-state index in [9.17, 15) is 0 Å². The highest BCUT2D eigenvalue weighted by Gasteiger charge is 2.12. The maximum absolute atomic E-state index is 5.74. The van der Waals surface area contributed by atoms with E-state index in [2.05, 4.69) is 18.8 Å². The topological polar surface area (TPSA) is 47.6 Å². The minimum absolute atomic E-state index is 0.363. The van der Waals surface area contributed by atoms with Crippen molar-refractivity contribution in [1.29, 1.82) is 0 Å². The van der Waals surface area contributed by atoms with E-state index in [1.54, 1.807) is 0 Å². The fraction of sp³-hybridized carbons (Fsp3) is 0.909. The summed E-state index contributed by atoms with van der Waals surface area (Å²) in [6.07, 6.45) is 5.15. The van der Waals surface area contributed by atoms with Gasteiger partial charge >= 0.3 is 0 Å². The molecule has 1 heterocycles. The van der Waals surface area contributed by atoms with Gasteiger partial charge in [-0.1, -0.05) is 13.8 Å². The number of hydrogen-bond donors (Lipinski definition) is 1. The van der Waals surface area contributed by atoms with E-state index < -0.39 is 0 Å². The molecule has 2 N–H and O–H groups in total. The molecule has 0 bridgehead atoms. The Balaban J connectivity index is 2.16. The first-order valence-electron chi connectivity index (χ1n) is 5.61. The molecular formula is C11H22N2O. The standard InChI is InChI=1S/C11H22N2O/c1-9(2)11(12)13-7-6-10-5-3-4-8-14-10/h9-10H,3-8H2,1-2H3,(H2,12,13). The second-order valence-corrected chi connectivity index (χ2v) is 4.24. The molecule has 1 fully saturated rings. The summed E-state index contributed by atoms with van der Waals surface area (Å²) >= 11 is 0. The molecule has 1 atom stereocenters. The summed E-state index contributed by atoms with van der Waals surface area (Å²) in [5.74, 6) is 1.13. The van der Waals surface area contributed by atoms with Crippen LogP contribution in [-0.4, -0.2) is 25.1 Å². The van der Waals surface area contributed by atoms with Crippen LogP contribution < -0.4 is 5.73 Å². The van der Waals surface area contributed by atoms with E-state index in [-0.39, 0.29) is 0 Å². The highest BCUT2D eigenvalue weighted by atomic mass is 16.5. The van der Waals surface area contributed by atoms with Crippen molar-refractivity contribution in [3.63, 3.8) is 0 Å². The van der Waals surface area contributed by atoms with Crippen LogP contribution in [0, 0.1) is 5.92 Å². The second-order valence-electron chi connectivity index (χ2n) is 4.24. The zero-order valence-corrected chi connectivity index (χ0v) is 9.33. The largest absolute Gasteiger partial charge is 0.387 e. The third-order valence-corrected chi connectivity index (χ3v) is 2.61. The summed E-state index contributed by atoms with van der Waals surface area (Å²) in [4.78, 5) is 4.33. The molecule has 1 rings (SSSR count). The van der Waals surface area contributed by atoms with Crippen LogP contribution in [0.4, 0.5) is 0 Å². The molecule has 82 valence electrons. The van der Waals surface area contributed by atoms with Crippen LogP contribution >= 0.6 is 0 Å². The Morgan fingerprint density at radius 1 is 1.50 bits per heavy atom. The normalized spacial score (nSPS) is 24.2. The SMILES string of the molecule is CC(C)C(N)=NCCC1CCCCO1. The van der Waals surface area contributed by atoms with E-state index >= 15 is 0 Å². The Hall–Kier alpha value is -0.570. The third-order valence-electron chi connectivity index (χ3n) is 2.61. The van der Waals surface area contributed by atoms with Crippen LogP contribution in [0.5, 0.6) is 0 Å². The van der Waals surface area contributed by atoms with Gasteiger partial charge in [0.15, 0.2) is 0 Å². The number of amidine groups is 1. The highest BCUT2D eigenvalue weighted by molar-refractivity contribution is 5.82. The predicted octanol–water partition coefficient (Wildman–Crippen LogP) is 1.96. The van der Waals surface area contributed by atoms with Crippen LogP contribution in [0.3, 0.4) is 0 Å². The molecule has 1 aliphatic heterocycles. The van der Waals surface area contributed by atoms with Crippen LogP contribution in [-0.2, 0) is 4.74 Å². The quantitative estimate of drug-likeness (QED) is 0.554. The van der Waals surface area contributed by atoms with Crippen LogP contribution in [0.2, 0.25) is 0 Å². The van der Waals surface area contributed by atoms with Gasteiger partial charge in [-0.05, 0) is 25.7 Å². The van der Waals surface area contributed by atoms with Crippen molar-refractivity contribution >= 4 is 5.84 Å². The number of aliphatic imine (C=N–C) groups is 1. The van der Waals surface area contributed by atoms with Crippen molar-refractivity contribution < 1.29 is 4.74 Å². The molecule has 0 aromatic carbocycles. The number of ether oxygens (including phenoxy) is 1. The highest BCUT2D eigenvalue weighted by Crippen LogP contribution is 2.15. The molecule has 3 heteroatoms. The smallest absolute Gasteiger partial charge is 0.0962 e. The average molecular weight is 198 g/mol. The first-order valence-corrected chi connectivity index (χ1v) is 5.61. The van der Waals surface area contributed by atoms with Crippen molar-refractivity contribution in [2.24, 2.45) is 16.6 Å². The van der Waals surface area contributed by atoms with Gasteiger partial charge in [0, 0.05) is 19.1 Å². The molecule has 1 unspecified atom stereocenters. The van der Waals surface area contributed by atoms with E-state index in [0.29, 0.717) is 12.0 Å². The molecule has 0 radical (unpaired) electrons. The Kier molecular flexibility index (Phi) is 4.94. The van der Waals surface area contributed by atoms with Crippen molar-refractivity contribution in [2.45, 2.75) is 45.6 Å². The fourth-order valence-electron chi connectivity index (χ4n) is 1.56. The molecule has 3 nitrogen and oxygen atoms in total. The van der Waals surface area contributed by atoms with Crippen molar-refractivity contribution in [3.8, 4) is 0 Å². The molecule has 0 aromatic heterocycles. The Morgan fingerprint density at radius 2 is 2.29 bits per heavy atom. The Bertz CT molecular complexity index is 184. The van der Waals surface area contributed by atoms with E-state index in [4.69, 9.17) is 10.5 Å². The van der Waals surface area contributed by atoms with Crippen molar-refractivity contribution in [2.75, 3.05) is 13.2 Å². The molecule has 1 aliphatic rings. The van der Waals surface area contributed by atoms with Crippen LogP contribution in [0.1, 0.15) is 39.5 Å². The van der Waals surface area contributed by atoms with E-state index in [1.807, 2.05) is 0 Å². The van der Waals surface area contributed by atoms with Crippen molar-refractivity contribution in [1.82, 2.24) is 0 Å². The molecular weight excluding hydrogens is 176 g/mol. The average Bonchev–Trinajstić information content (AvgIpc) is 2.19. The lowest BCUT2D eigenvalue weighted by Gasteiger charge is -2.21. The number of nitrogens with two attached hydrogens (primary N) is 1. The molecule has 1 saturated heterocycles. The van der Waals surface area contributed by atoms with Crippen LogP contribution in [0.25, 0.3) is 0 Å². The van der Waals surface area contributed by atoms with Gasteiger partial charge in [0.1, 0.15) is 0 Å². The second kappa shape index (κ2) is 6.02. The first-order chi connectivity index (χ1) is 6.70. The zero-order chi connectivity index (χ0) is 10.4. The van der Waals surface area contributed by atoms with Gasteiger partial charge in [0.05, 0.1) is 11.9 Å². The summed E-state index contributed by atoms with van der Waals surface area (Å²) in [5.41, 5.74) is 5.74. The Labute approximate surface area is 86.7 Å². The van der Waals surface area contributed by atoms with Gasteiger partial charge in [-0.2, -0.15) is 0 Å². The predicted molar refractivity (Wildman–Crippen MR) is 59.5 cm³/mol. The lowest BCUT2D eigenvalue weighted by molar-refractivity contribution is 0.0129. The van der Waals surface area contributed by atoms with Gasteiger partial charge in [0.2, 0.25) is 0 Å². The molecule has 0 spiro atoms. The van der Waals surface area contributed by atoms with Gasteiger partial charge in [-0.25, -0.2) is 0 Å². The van der Waals surface area contributed by atoms with Crippen molar-refractivity contribution in [3.05, 3.63) is 0 Å². The van der Waals surface area contributed by atoms with Gasteiger partial charge in [0.25, 0.3) is 0 Å². The summed E-state index contributed by atoms with van der Waals surface area (Å²) < 4.78 is 5.61. The Morgan fingerprint density at radius 3 is 2.86 bits per heavy atom. The number of nitrogens with zero attached hydrogens (tertiary/aromatic N) is 1. The molecule has 0 aromatic rings. The number of hydrogen-bond acceptors (Lipinski definition) is 2. The first kappa shape index (κ1) is 11.5. The monoisotopic (exact) mass is 198 g/mol.